The van der Waals surface area contributed by atoms with Gasteiger partial charge in [0, 0.05) is 18.2 Å². The maximum Gasteiger partial charge on any atom is 0.407 e. The summed E-state index contributed by atoms with van der Waals surface area (Å²) in [7, 11) is 0. The predicted molar refractivity (Wildman–Crippen MR) is 74.0 cm³/mol. The Morgan fingerprint density at radius 3 is 2.95 bits per heavy atom. The maximum atomic E-state index is 11.6. The Kier molecular flexibility index (Phi) is 4.59. The van der Waals surface area contributed by atoms with E-state index in [0.29, 0.717) is 24.3 Å². The summed E-state index contributed by atoms with van der Waals surface area (Å²) in [6.45, 7) is 1.70. The molecule has 1 saturated heterocycles. The summed E-state index contributed by atoms with van der Waals surface area (Å²) in [6.07, 6.45) is 5.13. The SMILES string of the molecule is O=C(NC1CCCC1)OCc1cc(OC[C@@H]2CCN2)on1. The molecular weight excluding hydrogens is 274 g/mol. The third-order valence-electron chi connectivity index (χ3n) is 3.92. The zero-order chi connectivity index (χ0) is 14.5. The van der Waals surface area contributed by atoms with Crippen LogP contribution in [-0.2, 0) is 11.3 Å². The van der Waals surface area contributed by atoms with E-state index < -0.39 is 6.09 Å². The van der Waals surface area contributed by atoms with Gasteiger partial charge >= 0.3 is 12.0 Å². The van der Waals surface area contributed by atoms with Crippen molar-refractivity contribution in [2.24, 2.45) is 0 Å². The van der Waals surface area contributed by atoms with Gasteiger partial charge in [0.05, 0.1) is 0 Å². The van der Waals surface area contributed by atoms with E-state index in [-0.39, 0.29) is 12.6 Å². The average Bonchev–Trinajstić information content (AvgIpc) is 3.06. The molecule has 1 atom stereocenters. The number of carbonyl (C=O) groups is 1. The number of carbonyl (C=O) groups excluding carboxylic acids is 1. The molecule has 1 aliphatic carbocycles. The molecule has 2 N–H and O–H groups in total. The van der Waals surface area contributed by atoms with Crippen LogP contribution in [-0.4, -0.2) is 36.5 Å². The van der Waals surface area contributed by atoms with Crippen molar-refractivity contribution in [3.8, 4) is 5.95 Å². The summed E-state index contributed by atoms with van der Waals surface area (Å²) in [4.78, 5) is 11.6. The van der Waals surface area contributed by atoms with E-state index in [4.69, 9.17) is 14.0 Å². The van der Waals surface area contributed by atoms with Crippen molar-refractivity contribution in [1.82, 2.24) is 15.8 Å². The van der Waals surface area contributed by atoms with Gasteiger partial charge in [0.2, 0.25) is 0 Å². The maximum absolute atomic E-state index is 11.6. The van der Waals surface area contributed by atoms with Crippen LogP contribution in [0.15, 0.2) is 10.6 Å². The highest BCUT2D eigenvalue weighted by atomic mass is 16.6. The fourth-order valence-electron chi connectivity index (χ4n) is 2.52. The minimum Gasteiger partial charge on any atom is -0.462 e. The first kappa shape index (κ1) is 14.2. The molecule has 7 nitrogen and oxygen atoms in total. The second-order valence-corrected chi connectivity index (χ2v) is 5.59. The molecule has 1 aliphatic heterocycles. The summed E-state index contributed by atoms with van der Waals surface area (Å²) >= 11 is 0. The highest BCUT2D eigenvalue weighted by molar-refractivity contribution is 5.67. The summed E-state index contributed by atoms with van der Waals surface area (Å²) in [5.74, 6) is 0.360. The lowest BCUT2D eigenvalue weighted by Gasteiger charge is -2.26. The lowest BCUT2D eigenvalue weighted by Crippen LogP contribution is -2.46. The zero-order valence-corrected chi connectivity index (χ0v) is 12.0. The summed E-state index contributed by atoms with van der Waals surface area (Å²) in [5, 5.41) is 9.90. The van der Waals surface area contributed by atoms with Gasteiger partial charge in [-0.3, -0.25) is 0 Å². The molecule has 7 heteroatoms. The first-order valence-electron chi connectivity index (χ1n) is 7.54. The molecule has 3 rings (SSSR count). The molecule has 0 radical (unpaired) electrons. The Bertz CT molecular complexity index is 467. The fourth-order valence-corrected chi connectivity index (χ4v) is 2.52. The van der Waals surface area contributed by atoms with Crippen LogP contribution in [0.1, 0.15) is 37.8 Å². The van der Waals surface area contributed by atoms with E-state index in [0.717, 1.165) is 25.8 Å². The van der Waals surface area contributed by atoms with Crippen LogP contribution >= 0.6 is 0 Å². The Balaban J connectivity index is 1.36. The van der Waals surface area contributed by atoms with Crippen LogP contribution < -0.4 is 15.4 Å². The summed E-state index contributed by atoms with van der Waals surface area (Å²) in [6, 6.07) is 2.30. The number of amides is 1. The van der Waals surface area contributed by atoms with Crippen LogP contribution in [0, 0.1) is 0 Å². The average molecular weight is 295 g/mol. The molecule has 116 valence electrons. The number of hydrogen-bond donors (Lipinski definition) is 2. The predicted octanol–water partition coefficient (Wildman–Crippen LogP) is 1.58. The monoisotopic (exact) mass is 295 g/mol. The van der Waals surface area contributed by atoms with Crippen molar-refractivity contribution in [1.29, 1.82) is 0 Å². The minimum atomic E-state index is -0.397. The number of alkyl carbamates (subject to hydrolysis) is 1. The van der Waals surface area contributed by atoms with Gasteiger partial charge in [-0.25, -0.2) is 4.79 Å². The molecule has 0 bridgehead atoms. The fraction of sp³-hybridized carbons (Fsp3) is 0.714. The Morgan fingerprint density at radius 1 is 1.43 bits per heavy atom. The summed E-state index contributed by atoms with van der Waals surface area (Å²) < 4.78 is 15.6. The topological polar surface area (TPSA) is 85.6 Å². The molecule has 1 aromatic heterocycles. The lowest BCUT2D eigenvalue weighted by molar-refractivity contribution is 0.132. The van der Waals surface area contributed by atoms with Crippen molar-refractivity contribution >= 4 is 6.09 Å². The molecule has 1 saturated carbocycles. The van der Waals surface area contributed by atoms with E-state index >= 15 is 0 Å². The van der Waals surface area contributed by atoms with Gasteiger partial charge in [-0.05, 0) is 25.8 Å². The molecule has 1 aromatic rings. The summed E-state index contributed by atoms with van der Waals surface area (Å²) in [5.41, 5.74) is 0.549. The van der Waals surface area contributed by atoms with Gasteiger partial charge in [-0.1, -0.05) is 18.0 Å². The molecule has 1 amide bonds. The molecule has 2 aliphatic rings. The number of aromatic nitrogens is 1. The normalized spacial score (nSPS) is 21.8. The van der Waals surface area contributed by atoms with Crippen LogP contribution in [0.2, 0.25) is 0 Å². The number of nitrogens with one attached hydrogen (secondary N) is 2. The molecular formula is C14H21N3O4. The Morgan fingerprint density at radius 2 is 2.24 bits per heavy atom. The zero-order valence-electron chi connectivity index (χ0n) is 12.0. The van der Waals surface area contributed by atoms with E-state index in [1.165, 1.54) is 12.8 Å². The first-order valence-corrected chi connectivity index (χ1v) is 7.54. The highest BCUT2D eigenvalue weighted by Gasteiger charge is 2.19. The minimum absolute atomic E-state index is 0.0904. The number of nitrogens with zero attached hydrogens (tertiary/aromatic N) is 1. The third kappa shape index (κ3) is 4.10. The molecule has 0 spiro atoms. The molecule has 2 fully saturated rings. The first-order chi connectivity index (χ1) is 10.3. The van der Waals surface area contributed by atoms with Crippen molar-refractivity contribution < 1.29 is 18.8 Å². The quantitative estimate of drug-likeness (QED) is 0.829. The van der Waals surface area contributed by atoms with Gasteiger partial charge < -0.3 is 24.6 Å². The number of rotatable bonds is 6. The van der Waals surface area contributed by atoms with E-state index in [2.05, 4.69) is 15.8 Å². The molecule has 0 aromatic carbocycles. The van der Waals surface area contributed by atoms with Gasteiger partial charge in [0.1, 0.15) is 18.9 Å². The van der Waals surface area contributed by atoms with Gasteiger partial charge in [0.15, 0.2) is 0 Å². The van der Waals surface area contributed by atoms with Crippen molar-refractivity contribution in [3.05, 3.63) is 11.8 Å². The molecule has 0 unspecified atom stereocenters. The van der Waals surface area contributed by atoms with Crippen molar-refractivity contribution in [3.63, 3.8) is 0 Å². The molecule has 2 heterocycles. The van der Waals surface area contributed by atoms with Gasteiger partial charge in [-0.15, -0.1) is 0 Å². The van der Waals surface area contributed by atoms with Crippen LogP contribution in [0.4, 0.5) is 4.79 Å². The largest absolute Gasteiger partial charge is 0.462 e. The van der Waals surface area contributed by atoms with Gasteiger partial charge in [-0.2, -0.15) is 0 Å². The number of hydrogen-bond acceptors (Lipinski definition) is 6. The van der Waals surface area contributed by atoms with Crippen molar-refractivity contribution in [2.45, 2.75) is 50.8 Å². The second-order valence-electron chi connectivity index (χ2n) is 5.59. The lowest BCUT2D eigenvalue weighted by atomic mass is 10.1. The van der Waals surface area contributed by atoms with Crippen LogP contribution in [0.5, 0.6) is 5.95 Å². The van der Waals surface area contributed by atoms with Crippen molar-refractivity contribution in [2.75, 3.05) is 13.2 Å². The Hall–Kier alpha value is -1.76. The number of ether oxygens (including phenoxy) is 2. The molecule has 21 heavy (non-hydrogen) atoms. The van der Waals surface area contributed by atoms with Crippen LogP contribution in [0.25, 0.3) is 0 Å². The van der Waals surface area contributed by atoms with Gasteiger partial charge in [0.25, 0.3) is 0 Å². The van der Waals surface area contributed by atoms with Crippen LogP contribution in [0.3, 0.4) is 0 Å². The third-order valence-corrected chi connectivity index (χ3v) is 3.92. The Labute approximate surface area is 123 Å². The van der Waals surface area contributed by atoms with E-state index in [9.17, 15) is 4.79 Å². The second kappa shape index (κ2) is 6.80. The smallest absolute Gasteiger partial charge is 0.407 e. The standard InChI is InChI=1S/C14H21N3O4/c18-14(16-10-3-1-2-4-10)20-9-12-7-13(21-17-12)19-8-11-5-6-15-11/h7,10-11,15H,1-6,8-9H2,(H,16,18)/t11-/m0/s1. The van der Waals surface area contributed by atoms with E-state index in [1.54, 1.807) is 6.07 Å². The van der Waals surface area contributed by atoms with E-state index in [1.807, 2.05) is 0 Å². The highest BCUT2D eigenvalue weighted by Crippen LogP contribution is 2.18.